The SMILES string of the molecule is Cc1c([N+](=O)[O-])cccc1S(=O)(=O)[N+](C)(C)CC(C)O. The highest BCUT2D eigenvalue weighted by Gasteiger charge is 2.38. The highest BCUT2D eigenvalue weighted by Crippen LogP contribution is 2.29. The van der Waals surface area contributed by atoms with Crippen molar-refractivity contribution in [1.82, 2.24) is 0 Å². The summed E-state index contributed by atoms with van der Waals surface area (Å²) in [4.78, 5) is 10.2. The summed E-state index contributed by atoms with van der Waals surface area (Å²) in [6.45, 7) is 2.90. The van der Waals surface area contributed by atoms with Gasteiger partial charge in [0.05, 0.1) is 24.6 Å². The minimum atomic E-state index is -3.85. The zero-order chi connectivity index (χ0) is 15.7. The quantitative estimate of drug-likeness (QED) is 0.498. The first kappa shape index (κ1) is 16.5. The predicted octanol–water partition coefficient (Wildman–Crippen LogP) is 1.05. The van der Waals surface area contributed by atoms with Gasteiger partial charge in [-0.25, -0.2) is 3.89 Å². The van der Waals surface area contributed by atoms with E-state index in [9.17, 15) is 23.6 Å². The molecule has 8 heteroatoms. The standard InChI is InChI=1S/C12H19N2O5S/c1-9(15)8-14(3,4)20(18,19)12-7-5-6-11(10(12)2)13(16)17/h5-7,9,15H,8H2,1-4H3/q+1. The van der Waals surface area contributed by atoms with Crippen LogP contribution in [0.1, 0.15) is 12.5 Å². The van der Waals surface area contributed by atoms with E-state index in [2.05, 4.69) is 0 Å². The van der Waals surface area contributed by atoms with Crippen LogP contribution in [-0.2, 0) is 10.0 Å². The molecule has 0 bridgehead atoms. The number of rotatable bonds is 5. The maximum atomic E-state index is 12.6. The minimum Gasteiger partial charge on any atom is -0.388 e. The van der Waals surface area contributed by atoms with E-state index >= 15 is 0 Å². The molecule has 1 rings (SSSR count). The van der Waals surface area contributed by atoms with Crippen molar-refractivity contribution in [3.8, 4) is 0 Å². The summed E-state index contributed by atoms with van der Waals surface area (Å²) in [6, 6.07) is 3.96. The highest BCUT2D eigenvalue weighted by atomic mass is 32.2. The van der Waals surface area contributed by atoms with Crippen molar-refractivity contribution in [2.24, 2.45) is 0 Å². The normalized spacial score (nSPS) is 14.1. The van der Waals surface area contributed by atoms with Crippen LogP contribution in [0.25, 0.3) is 0 Å². The monoisotopic (exact) mass is 303 g/mol. The third kappa shape index (κ3) is 2.97. The number of likely N-dealkylation sites (N-methyl/N-ethyl adjacent to an activating group) is 1. The van der Waals surface area contributed by atoms with Gasteiger partial charge >= 0.3 is 10.0 Å². The Bertz CT molecular complexity index is 623. The lowest BCUT2D eigenvalue weighted by Gasteiger charge is -2.29. The lowest BCUT2D eigenvalue weighted by atomic mass is 10.2. The third-order valence-electron chi connectivity index (χ3n) is 3.08. The number of nitro groups is 1. The first-order chi connectivity index (χ1) is 9.00. The number of aliphatic hydroxyl groups is 1. The summed E-state index contributed by atoms with van der Waals surface area (Å²) in [5.41, 5.74) is -0.127. The van der Waals surface area contributed by atoms with Gasteiger partial charge in [0.1, 0.15) is 17.5 Å². The molecular weight excluding hydrogens is 284 g/mol. The van der Waals surface area contributed by atoms with Gasteiger partial charge in [0.25, 0.3) is 5.69 Å². The molecule has 112 valence electrons. The molecule has 1 atom stereocenters. The number of sulfonamides is 1. The van der Waals surface area contributed by atoms with E-state index in [1.54, 1.807) is 0 Å². The van der Waals surface area contributed by atoms with Gasteiger partial charge in [-0.15, -0.1) is 0 Å². The molecule has 1 aromatic rings. The van der Waals surface area contributed by atoms with Gasteiger partial charge in [0.15, 0.2) is 0 Å². The van der Waals surface area contributed by atoms with Crippen LogP contribution in [0.4, 0.5) is 5.69 Å². The molecular formula is C12H19N2O5S+. The molecule has 1 aromatic carbocycles. The lowest BCUT2D eigenvalue weighted by molar-refractivity contribution is -0.766. The second-order valence-electron chi connectivity index (χ2n) is 5.24. The van der Waals surface area contributed by atoms with Crippen molar-refractivity contribution >= 4 is 15.7 Å². The molecule has 0 spiro atoms. The molecule has 0 radical (unpaired) electrons. The van der Waals surface area contributed by atoms with Gasteiger partial charge in [-0.05, 0) is 19.9 Å². The number of aliphatic hydroxyl groups excluding tert-OH is 1. The van der Waals surface area contributed by atoms with Gasteiger partial charge < -0.3 is 5.11 Å². The van der Waals surface area contributed by atoms with Crippen molar-refractivity contribution in [1.29, 1.82) is 0 Å². The van der Waals surface area contributed by atoms with Crippen LogP contribution >= 0.6 is 0 Å². The average molecular weight is 303 g/mol. The van der Waals surface area contributed by atoms with Crippen molar-refractivity contribution < 1.29 is 22.3 Å². The fraction of sp³-hybridized carbons (Fsp3) is 0.500. The summed E-state index contributed by atoms with van der Waals surface area (Å²) in [6.07, 6.45) is -0.807. The molecule has 0 heterocycles. The number of benzene rings is 1. The van der Waals surface area contributed by atoms with Crippen LogP contribution in [0.3, 0.4) is 0 Å². The second-order valence-corrected chi connectivity index (χ2v) is 7.62. The topological polar surface area (TPSA) is 97.5 Å². The molecule has 0 aliphatic carbocycles. The van der Waals surface area contributed by atoms with Gasteiger partial charge in [-0.1, -0.05) is 6.07 Å². The van der Waals surface area contributed by atoms with Crippen molar-refractivity contribution in [3.05, 3.63) is 33.9 Å². The van der Waals surface area contributed by atoms with Crippen LogP contribution in [-0.4, -0.2) is 49.1 Å². The van der Waals surface area contributed by atoms with E-state index < -0.39 is 24.9 Å². The van der Waals surface area contributed by atoms with E-state index in [1.807, 2.05) is 0 Å². The van der Waals surface area contributed by atoms with Gasteiger partial charge in [0.2, 0.25) is 0 Å². The van der Waals surface area contributed by atoms with Crippen LogP contribution in [0, 0.1) is 17.0 Å². The maximum Gasteiger partial charge on any atom is 0.327 e. The largest absolute Gasteiger partial charge is 0.388 e. The van der Waals surface area contributed by atoms with Crippen molar-refractivity contribution in [2.75, 3.05) is 20.6 Å². The van der Waals surface area contributed by atoms with E-state index in [-0.39, 0.29) is 22.7 Å². The van der Waals surface area contributed by atoms with E-state index in [1.165, 1.54) is 46.1 Å². The van der Waals surface area contributed by atoms with Crippen LogP contribution in [0.5, 0.6) is 0 Å². The molecule has 0 aliphatic heterocycles. The number of quaternary nitrogens is 1. The Kier molecular flexibility index (Phi) is 4.52. The molecule has 1 unspecified atom stereocenters. The first-order valence-electron chi connectivity index (χ1n) is 6.01. The Balaban J connectivity index is 3.44. The summed E-state index contributed by atoms with van der Waals surface area (Å²) >= 11 is 0. The molecule has 0 fully saturated rings. The van der Waals surface area contributed by atoms with E-state index in [0.717, 1.165) is 0 Å². The molecule has 0 amide bonds. The molecule has 1 N–H and O–H groups in total. The summed E-state index contributed by atoms with van der Waals surface area (Å²) in [5, 5.41) is 20.3. The van der Waals surface area contributed by atoms with E-state index in [4.69, 9.17) is 0 Å². The lowest BCUT2D eigenvalue weighted by Crippen LogP contribution is -2.49. The Morgan fingerprint density at radius 1 is 1.40 bits per heavy atom. The zero-order valence-electron chi connectivity index (χ0n) is 11.9. The van der Waals surface area contributed by atoms with E-state index in [0.29, 0.717) is 0 Å². The average Bonchev–Trinajstić information content (AvgIpc) is 2.26. The Morgan fingerprint density at radius 2 is 1.95 bits per heavy atom. The number of nitrogens with zero attached hydrogens (tertiary/aromatic N) is 2. The Labute approximate surface area is 118 Å². The zero-order valence-corrected chi connectivity index (χ0v) is 12.7. The number of hydrogen-bond donors (Lipinski definition) is 1. The smallest absolute Gasteiger partial charge is 0.327 e. The fourth-order valence-electron chi connectivity index (χ4n) is 2.08. The van der Waals surface area contributed by atoms with Crippen LogP contribution in [0.2, 0.25) is 0 Å². The Morgan fingerprint density at radius 3 is 2.40 bits per heavy atom. The molecule has 20 heavy (non-hydrogen) atoms. The number of nitro benzene ring substituents is 1. The van der Waals surface area contributed by atoms with Crippen LogP contribution < -0.4 is 0 Å². The molecule has 0 saturated heterocycles. The predicted molar refractivity (Wildman–Crippen MR) is 73.7 cm³/mol. The number of hydrogen-bond acceptors (Lipinski definition) is 5. The van der Waals surface area contributed by atoms with Crippen molar-refractivity contribution in [3.63, 3.8) is 0 Å². The minimum absolute atomic E-state index is 0.00946. The highest BCUT2D eigenvalue weighted by molar-refractivity contribution is 7.86. The van der Waals surface area contributed by atoms with Crippen molar-refractivity contribution in [2.45, 2.75) is 24.8 Å². The summed E-state index contributed by atoms with van der Waals surface area (Å²) < 4.78 is 24.8. The fourth-order valence-corrected chi connectivity index (χ4v) is 3.77. The molecule has 0 aliphatic rings. The Hall–Kier alpha value is -1.51. The summed E-state index contributed by atoms with van der Waals surface area (Å²) in [7, 11) is -0.958. The van der Waals surface area contributed by atoms with Gasteiger partial charge in [-0.3, -0.25) is 10.1 Å². The van der Waals surface area contributed by atoms with Crippen LogP contribution in [0.15, 0.2) is 23.1 Å². The van der Waals surface area contributed by atoms with Gasteiger partial charge in [-0.2, -0.15) is 8.42 Å². The van der Waals surface area contributed by atoms with Gasteiger partial charge in [0, 0.05) is 6.07 Å². The third-order valence-corrected chi connectivity index (χ3v) is 5.53. The molecule has 7 nitrogen and oxygen atoms in total. The summed E-state index contributed by atoms with van der Waals surface area (Å²) in [5.74, 6) is 0. The molecule has 0 aromatic heterocycles. The first-order valence-corrected chi connectivity index (χ1v) is 7.45. The molecule has 0 saturated carbocycles. The second kappa shape index (κ2) is 5.47. The maximum absolute atomic E-state index is 12.6.